The van der Waals surface area contributed by atoms with Crippen molar-refractivity contribution in [3.8, 4) is 0 Å². The average molecular weight is 385 g/mol. The second kappa shape index (κ2) is 6.25. The smallest absolute Gasteiger partial charge is 0.200 e. The fourth-order valence-electron chi connectivity index (χ4n) is 3.34. The summed E-state index contributed by atoms with van der Waals surface area (Å²) in [5.74, 6) is 0.489. The number of piperidine rings is 1. The minimum Gasteiger partial charge on any atom is -0.439 e. The Morgan fingerprint density at radius 3 is 2.60 bits per heavy atom. The van der Waals surface area contributed by atoms with Crippen LogP contribution >= 0.6 is 11.6 Å². The number of nitrogens with one attached hydrogen (secondary N) is 1. The summed E-state index contributed by atoms with van der Waals surface area (Å²) in [5.41, 5.74) is 0.488. The molecular weight excluding hydrogens is 360 g/mol. The Morgan fingerprint density at radius 2 is 1.96 bits per heavy atom. The van der Waals surface area contributed by atoms with E-state index < -0.39 is 15.1 Å². The molecule has 1 fully saturated rings. The van der Waals surface area contributed by atoms with Crippen LogP contribution in [0.25, 0.3) is 11.1 Å². The third kappa shape index (κ3) is 3.20. The summed E-state index contributed by atoms with van der Waals surface area (Å²) in [6, 6.07) is 3.44. The van der Waals surface area contributed by atoms with Crippen LogP contribution in [0.4, 0.5) is 0 Å². The molecule has 1 aliphatic heterocycles. The standard InChI is InChI=1S/C18H25ClN2O3S/c1-10-11(2)20-9-8-14(10)25(22,23)16-12(19)6-7-13-15(16)24-17(21-13)18(3,4)5/h6-7,10-11,14,20H,8-9H2,1-5H3. The van der Waals surface area contributed by atoms with Gasteiger partial charge in [0, 0.05) is 11.5 Å². The molecule has 3 atom stereocenters. The van der Waals surface area contributed by atoms with Gasteiger partial charge < -0.3 is 9.73 Å². The highest BCUT2D eigenvalue weighted by atomic mass is 35.5. The number of aromatic nitrogens is 1. The first kappa shape index (κ1) is 18.7. The highest BCUT2D eigenvalue weighted by molar-refractivity contribution is 7.92. The van der Waals surface area contributed by atoms with Crippen LogP contribution in [0.5, 0.6) is 0 Å². The van der Waals surface area contributed by atoms with Crippen LogP contribution in [0.2, 0.25) is 5.02 Å². The lowest BCUT2D eigenvalue weighted by molar-refractivity contribution is 0.318. The van der Waals surface area contributed by atoms with Crippen molar-refractivity contribution in [1.29, 1.82) is 0 Å². The van der Waals surface area contributed by atoms with Crippen molar-refractivity contribution < 1.29 is 12.8 Å². The van der Waals surface area contributed by atoms with E-state index in [-0.39, 0.29) is 32.9 Å². The van der Waals surface area contributed by atoms with Gasteiger partial charge in [0.05, 0.1) is 10.3 Å². The van der Waals surface area contributed by atoms with E-state index in [4.69, 9.17) is 16.0 Å². The van der Waals surface area contributed by atoms with Crippen molar-refractivity contribution in [2.75, 3.05) is 6.54 Å². The van der Waals surface area contributed by atoms with Crippen LogP contribution in [0, 0.1) is 5.92 Å². The van der Waals surface area contributed by atoms with E-state index in [1.165, 1.54) is 0 Å². The van der Waals surface area contributed by atoms with Crippen molar-refractivity contribution in [2.45, 2.75) is 62.6 Å². The number of hydrogen-bond acceptors (Lipinski definition) is 5. The minimum absolute atomic E-state index is 0.0184. The fraction of sp³-hybridized carbons (Fsp3) is 0.611. The predicted octanol–water partition coefficient (Wildman–Crippen LogP) is 3.94. The second-order valence-corrected chi connectivity index (χ2v) is 10.5. The summed E-state index contributed by atoms with van der Waals surface area (Å²) >= 11 is 6.33. The molecule has 7 heteroatoms. The molecule has 0 spiro atoms. The van der Waals surface area contributed by atoms with Gasteiger partial charge in [-0.3, -0.25) is 0 Å². The van der Waals surface area contributed by atoms with E-state index in [9.17, 15) is 8.42 Å². The molecule has 25 heavy (non-hydrogen) atoms. The Kier molecular flexibility index (Phi) is 4.67. The molecular formula is C18H25ClN2O3S. The molecule has 5 nitrogen and oxygen atoms in total. The first-order valence-electron chi connectivity index (χ1n) is 8.60. The largest absolute Gasteiger partial charge is 0.439 e. The van der Waals surface area contributed by atoms with Gasteiger partial charge in [-0.1, -0.05) is 39.3 Å². The highest BCUT2D eigenvalue weighted by Gasteiger charge is 2.40. The Morgan fingerprint density at radius 1 is 1.28 bits per heavy atom. The molecule has 1 saturated heterocycles. The van der Waals surface area contributed by atoms with Gasteiger partial charge >= 0.3 is 0 Å². The SMILES string of the molecule is CC1NCCC(S(=O)(=O)c2c(Cl)ccc3nc(C(C)(C)C)oc23)C1C. The van der Waals surface area contributed by atoms with E-state index >= 15 is 0 Å². The molecule has 0 saturated carbocycles. The lowest BCUT2D eigenvalue weighted by Gasteiger charge is -2.34. The van der Waals surface area contributed by atoms with E-state index in [0.717, 1.165) is 0 Å². The molecule has 138 valence electrons. The molecule has 1 aliphatic rings. The Hall–Kier alpha value is -1.11. The number of oxazole rings is 1. The number of sulfone groups is 1. The Balaban J connectivity index is 2.20. The van der Waals surface area contributed by atoms with E-state index in [2.05, 4.69) is 10.3 Å². The average Bonchev–Trinajstić information content (AvgIpc) is 2.93. The van der Waals surface area contributed by atoms with Crippen molar-refractivity contribution in [2.24, 2.45) is 5.92 Å². The molecule has 0 radical (unpaired) electrons. The topological polar surface area (TPSA) is 72.2 Å². The molecule has 2 aromatic rings. The first-order chi connectivity index (χ1) is 11.5. The molecule has 3 unspecified atom stereocenters. The Bertz CT molecular complexity index is 899. The van der Waals surface area contributed by atoms with Gasteiger partial charge in [-0.25, -0.2) is 13.4 Å². The monoisotopic (exact) mass is 384 g/mol. The van der Waals surface area contributed by atoms with Crippen LogP contribution in [-0.2, 0) is 15.3 Å². The van der Waals surface area contributed by atoms with Gasteiger partial charge in [-0.05, 0) is 37.9 Å². The maximum Gasteiger partial charge on any atom is 0.200 e. The molecule has 1 aromatic carbocycles. The van der Waals surface area contributed by atoms with Crippen molar-refractivity contribution >= 4 is 32.5 Å². The van der Waals surface area contributed by atoms with Crippen LogP contribution < -0.4 is 5.32 Å². The summed E-state index contributed by atoms with van der Waals surface area (Å²) < 4.78 is 32.8. The first-order valence-corrected chi connectivity index (χ1v) is 10.5. The highest BCUT2D eigenvalue weighted by Crippen LogP contribution is 2.38. The summed E-state index contributed by atoms with van der Waals surface area (Å²) in [6.45, 7) is 10.6. The molecule has 1 aromatic heterocycles. The zero-order valence-corrected chi connectivity index (χ0v) is 16.8. The molecule has 0 amide bonds. The van der Waals surface area contributed by atoms with Crippen molar-refractivity contribution in [1.82, 2.24) is 10.3 Å². The normalized spacial score (nSPS) is 25.4. The number of rotatable bonds is 2. The summed E-state index contributed by atoms with van der Waals surface area (Å²) in [6.07, 6.45) is 0.556. The molecule has 2 heterocycles. The minimum atomic E-state index is -3.64. The van der Waals surface area contributed by atoms with Gasteiger partial charge in [0.2, 0.25) is 5.89 Å². The third-order valence-electron chi connectivity index (χ3n) is 5.06. The summed E-state index contributed by atoms with van der Waals surface area (Å²) in [5, 5.41) is 3.03. The number of benzene rings is 1. The Labute approximate surface area is 154 Å². The van der Waals surface area contributed by atoms with Gasteiger partial charge in [-0.15, -0.1) is 0 Å². The number of fused-ring (bicyclic) bond motifs is 1. The maximum absolute atomic E-state index is 13.4. The lowest BCUT2D eigenvalue weighted by Crippen LogP contribution is -2.48. The van der Waals surface area contributed by atoms with Gasteiger partial charge in [0.25, 0.3) is 0 Å². The third-order valence-corrected chi connectivity index (χ3v) is 7.92. The molecule has 0 aliphatic carbocycles. The molecule has 1 N–H and O–H groups in total. The fourth-order valence-corrected chi connectivity index (χ4v) is 6.09. The van der Waals surface area contributed by atoms with Gasteiger partial charge in [-0.2, -0.15) is 0 Å². The number of hydrogen-bond donors (Lipinski definition) is 1. The maximum atomic E-state index is 13.4. The van der Waals surface area contributed by atoms with E-state index in [1.807, 2.05) is 34.6 Å². The molecule has 3 rings (SSSR count). The lowest BCUT2D eigenvalue weighted by atomic mass is 9.93. The van der Waals surface area contributed by atoms with Crippen molar-refractivity contribution in [3.05, 3.63) is 23.0 Å². The van der Waals surface area contributed by atoms with Gasteiger partial charge in [0.15, 0.2) is 15.4 Å². The van der Waals surface area contributed by atoms with Crippen molar-refractivity contribution in [3.63, 3.8) is 0 Å². The van der Waals surface area contributed by atoms with Crippen LogP contribution in [0.1, 0.15) is 46.9 Å². The number of nitrogens with zero attached hydrogens (tertiary/aromatic N) is 1. The van der Waals surface area contributed by atoms with E-state index in [1.54, 1.807) is 12.1 Å². The second-order valence-electron chi connectivity index (χ2n) is 7.97. The van der Waals surface area contributed by atoms with E-state index in [0.29, 0.717) is 24.4 Å². The van der Waals surface area contributed by atoms with Crippen LogP contribution in [-0.4, -0.2) is 31.2 Å². The quantitative estimate of drug-likeness (QED) is 0.848. The van der Waals surface area contributed by atoms with Gasteiger partial charge in [0.1, 0.15) is 10.4 Å². The summed E-state index contributed by atoms with van der Waals surface area (Å²) in [4.78, 5) is 4.56. The zero-order valence-electron chi connectivity index (χ0n) is 15.3. The van der Waals surface area contributed by atoms with Crippen LogP contribution in [0.15, 0.2) is 21.4 Å². The summed E-state index contributed by atoms with van der Waals surface area (Å²) in [7, 11) is -3.64. The molecule has 0 bridgehead atoms. The van der Waals surface area contributed by atoms with Crippen LogP contribution in [0.3, 0.4) is 0 Å². The predicted molar refractivity (Wildman–Crippen MR) is 99.9 cm³/mol. The zero-order chi connectivity index (χ0) is 18.6. The number of halogens is 1.